The summed E-state index contributed by atoms with van der Waals surface area (Å²) >= 11 is 0. The fourth-order valence-electron chi connectivity index (χ4n) is 2.80. The third-order valence-corrected chi connectivity index (χ3v) is 4.09. The predicted molar refractivity (Wildman–Crippen MR) is 83.5 cm³/mol. The largest absolute Gasteiger partial charge is 0.377 e. The van der Waals surface area contributed by atoms with E-state index in [0.29, 0.717) is 26.2 Å². The number of aromatic nitrogens is 2. The van der Waals surface area contributed by atoms with E-state index in [2.05, 4.69) is 9.97 Å². The molecule has 0 unspecified atom stereocenters. The number of nitrogens with zero attached hydrogens (tertiary/aromatic N) is 2. The number of carbonyl (C=O) groups excluding carboxylic acids is 1. The number of H-pyrrole nitrogens is 1. The minimum absolute atomic E-state index is 0.122. The van der Waals surface area contributed by atoms with Gasteiger partial charge in [-0.3, -0.25) is 4.79 Å². The topological polar surface area (TPSA) is 58.2 Å². The summed E-state index contributed by atoms with van der Waals surface area (Å²) in [6.45, 7) is 5.67. The Hall–Kier alpha value is -2.14. The van der Waals surface area contributed by atoms with Crippen molar-refractivity contribution in [3.8, 4) is 0 Å². The Balaban J connectivity index is 1.78. The standard InChI is InChI=1S/C17H21N3O2/c1-12-5-3-4-6-14(12)9-16(21)20-7-8-22-11-15(20)17-18-10-13(2)19-17/h3-6,10,15H,7-9,11H2,1-2H3,(H,18,19)/t15-/m0/s1. The van der Waals surface area contributed by atoms with Crippen molar-refractivity contribution in [2.45, 2.75) is 26.3 Å². The second-order valence-electron chi connectivity index (χ2n) is 5.73. The Morgan fingerprint density at radius 3 is 2.95 bits per heavy atom. The number of nitrogens with one attached hydrogen (secondary N) is 1. The fourth-order valence-corrected chi connectivity index (χ4v) is 2.80. The van der Waals surface area contributed by atoms with E-state index in [0.717, 1.165) is 22.6 Å². The van der Waals surface area contributed by atoms with Crippen LogP contribution in [-0.2, 0) is 16.0 Å². The van der Waals surface area contributed by atoms with Gasteiger partial charge in [0.1, 0.15) is 11.9 Å². The number of ether oxygens (including phenoxy) is 1. The first kappa shape index (κ1) is 14.8. The number of rotatable bonds is 3. The summed E-state index contributed by atoms with van der Waals surface area (Å²) in [5.74, 6) is 0.923. The molecular weight excluding hydrogens is 278 g/mol. The number of hydrogen-bond acceptors (Lipinski definition) is 3. The van der Waals surface area contributed by atoms with Crippen LogP contribution < -0.4 is 0 Å². The lowest BCUT2D eigenvalue weighted by Crippen LogP contribution is -2.44. The summed E-state index contributed by atoms with van der Waals surface area (Å²) in [5.41, 5.74) is 3.22. The van der Waals surface area contributed by atoms with Crippen LogP contribution in [0.15, 0.2) is 30.5 Å². The lowest BCUT2D eigenvalue weighted by molar-refractivity contribution is -0.139. The Morgan fingerprint density at radius 1 is 1.41 bits per heavy atom. The van der Waals surface area contributed by atoms with Gasteiger partial charge in [-0.15, -0.1) is 0 Å². The second-order valence-corrected chi connectivity index (χ2v) is 5.73. The van der Waals surface area contributed by atoms with Crippen LogP contribution in [-0.4, -0.2) is 40.5 Å². The number of hydrogen-bond donors (Lipinski definition) is 1. The number of carbonyl (C=O) groups is 1. The molecule has 1 aliphatic heterocycles. The molecule has 2 heterocycles. The van der Waals surface area contributed by atoms with E-state index in [1.807, 2.05) is 43.0 Å². The van der Waals surface area contributed by atoms with E-state index in [-0.39, 0.29) is 11.9 Å². The molecule has 1 aromatic carbocycles. The Labute approximate surface area is 130 Å². The summed E-state index contributed by atoms with van der Waals surface area (Å²) < 4.78 is 5.55. The molecule has 22 heavy (non-hydrogen) atoms. The van der Waals surface area contributed by atoms with E-state index in [1.54, 1.807) is 6.20 Å². The Bertz CT molecular complexity index is 665. The molecule has 5 heteroatoms. The van der Waals surface area contributed by atoms with Gasteiger partial charge in [-0.05, 0) is 25.0 Å². The molecule has 0 aliphatic carbocycles. The molecule has 1 aliphatic rings. The maximum atomic E-state index is 12.7. The van der Waals surface area contributed by atoms with Crippen LogP contribution in [0.2, 0.25) is 0 Å². The van der Waals surface area contributed by atoms with Crippen LogP contribution in [0.1, 0.15) is 28.7 Å². The number of aromatic amines is 1. The highest BCUT2D eigenvalue weighted by Crippen LogP contribution is 2.23. The van der Waals surface area contributed by atoms with Crippen molar-refractivity contribution in [3.63, 3.8) is 0 Å². The molecule has 0 spiro atoms. The number of aryl methyl sites for hydroxylation is 2. The molecule has 1 atom stereocenters. The van der Waals surface area contributed by atoms with Crippen molar-refractivity contribution in [2.24, 2.45) is 0 Å². The Kier molecular flexibility index (Phi) is 4.24. The van der Waals surface area contributed by atoms with Crippen molar-refractivity contribution in [1.29, 1.82) is 0 Å². The van der Waals surface area contributed by atoms with Crippen molar-refractivity contribution in [1.82, 2.24) is 14.9 Å². The monoisotopic (exact) mass is 299 g/mol. The third kappa shape index (κ3) is 3.04. The molecule has 3 rings (SSSR count). The summed E-state index contributed by atoms with van der Waals surface area (Å²) in [6.07, 6.45) is 2.21. The van der Waals surface area contributed by atoms with Gasteiger partial charge in [-0.25, -0.2) is 4.98 Å². The lowest BCUT2D eigenvalue weighted by atomic mass is 10.0. The van der Waals surface area contributed by atoms with Crippen LogP contribution in [0, 0.1) is 13.8 Å². The smallest absolute Gasteiger partial charge is 0.227 e. The van der Waals surface area contributed by atoms with Crippen molar-refractivity contribution < 1.29 is 9.53 Å². The summed E-state index contributed by atoms with van der Waals surface area (Å²) in [4.78, 5) is 22.2. The molecule has 1 amide bonds. The SMILES string of the molecule is Cc1cnc([C@@H]2COCCN2C(=O)Cc2ccccc2C)[nH]1. The number of imidazole rings is 1. The first-order chi connectivity index (χ1) is 10.6. The average molecular weight is 299 g/mol. The highest BCUT2D eigenvalue weighted by Gasteiger charge is 2.30. The highest BCUT2D eigenvalue weighted by molar-refractivity contribution is 5.79. The maximum Gasteiger partial charge on any atom is 0.227 e. The third-order valence-electron chi connectivity index (χ3n) is 4.09. The van der Waals surface area contributed by atoms with Gasteiger partial charge in [-0.2, -0.15) is 0 Å². The minimum Gasteiger partial charge on any atom is -0.377 e. The Morgan fingerprint density at radius 2 is 2.23 bits per heavy atom. The average Bonchev–Trinajstić information content (AvgIpc) is 2.96. The molecule has 2 aromatic rings. The number of morpholine rings is 1. The zero-order valence-electron chi connectivity index (χ0n) is 13.0. The van der Waals surface area contributed by atoms with Gasteiger partial charge in [0.15, 0.2) is 0 Å². The molecule has 0 saturated carbocycles. The van der Waals surface area contributed by atoms with Crippen molar-refractivity contribution in [3.05, 3.63) is 53.1 Å². The van der Waals surface area contributed by atoms with Gasteiger partial charge in [0.05, 0.1) is 19.6 Å². The van der Waals surface area contributed by atoms with Crippen LogP contribution in [0.5, 0.6) is 0 Å². The van der Waals surface area contributed by atoms with Crippen molar-refractivity contribution in [2.75, 3.05) is 19.8 Å². The quantitative estimate of drug-likeness (QED) is 0.945. The van der Waals surface area contributed by atoms with Gasteiger partial charge in [0.25, 0.3) is 0 Å². The molecule has 1 aromatic heterocycles. The lowest BCUT2D eigenvalue weighted by Gasteiger charge is -2.34. The normalized spacial score (nSPS) is 18.5. The van der Waals surface area contributed by atoms with E-state index >= 15 is 0 Å². The van der Waals surface area contributed by atoms with Gasteiger partial charge >= 0.3 is 0 Å². The molecule has 0 bridgehead atoms. The van der Waals surface area contributed by atoms with E-state index in [1.165, 1.54) is 0 Å². The molecular formula is C17H21N3O2. The first-order valence-corrected chi connectivity index (χ1v) is 7.58. The summed E-state index contributed by atoms with van der Waals surface area (Å²) in [5, 5.41) is 0. The molecule has 116 valence electrons. The van der Waals surface area contributed by atoms with Gasteiger partial charge in [0, 0.05) is 18.4 Å². The second kappa shape index (κ2) is 6.32. The molecule has 1 saturated heterocycles. The van der Waals surface area contributed by atoms with Crippen LogP contribution in [0.4, 0.5) is 0 Å². The zero-order chi connectivity index (χ0) is 15.5. The van der Waals surface area contributed by atoms with Crippen LogP contribution >= 0.6 is 0 Å². The zero-order valence-corrected chi connectivity index (χ0v) is 13.0. The molecule has 1 N–H and O–H groups in total. The fraction of sp³-hybridized carbons (Fsp3) is 0.412. The summed E-state index contributed by atoms with van der Waals surface area (Å²) in [7, 11) is 0. The van der Waals surface area contributed by atoms with Crippen LogP contribution in [0.3, 0.4) is 0 Å². The number of amides is 1. The van der Waals surface area contributed by atoms with E-state index in [4.69, 9.17) is 4.74 Å². The van der Waals surface area contributed by atoms with Crippen molar-refractivity contribution >= 4 is 5.91 Å². The molecule has 1 fully saturated rings. The van der Waals surface area contributed by atoms with E-state index < -0.39 is 0 Å². The summed E-state index contributed by atoms with van der Waals surface area (Å²) in [6, 6.07) is 7.89. The van der Waals surface area contributed by atoms with Gasteiger partial charge in [0.2, 0.25) is 5.91 Å². The van der Waals surface area contributed by atoms with E-state index in [9.17, 15) is 4.79 Å². The van der Waals surface area contributed by atoms with Crippen LogP contribution in [0.25, 0.3) is 0 Å². The number of benzene rings is 1. The maximum absolute atomic E-state index is 12.7. The molecule has 0 radical (unpaired) electrons. The van der Waals surface area contributed by atoms with Gasteiger partial charge in [-0.1, -0.05) is 24.3 Å². The highest BCUT2D eigenvalue weighted by atomic mass is 16.5. The minimum atomic E-state index is -0.126. The first-order valence-electron chi connectivity index (χ1n) is 7.58. The predicted octanol–water partition coefficient (Wildman–Crippen LogP) is 2.17. The van der Waals surface area contributed by atoms with Gasteiger partial charge < -0.3 is 14.6 Å². The molecule has 5 nitrogen and oxygen atoms in total.